The molecule has 90 valence electrons. The third-order valence-electron chi connectivity index (χ3n) is 2.45. The van der Waals surface area contributed by atoms with Crippen LogP contribution >= 0.6 is 15.9 Å². The van der Waals surface area contributed by atoms with Crippen LogP contribution in [0.15, 0.2) is 22.7 Å². The van der Waals surface area contributed by atoms with Crippen LogP contribution in [0, 0.1) is 12.7 Å². The molecule has 6 heteroatoms. The Morgan fingerprint density at radius 1 is 1.47 bits per heavy atom. The van der Waals surface area contributed by atoms with Crippen molar-refractivity contribution in [3.05, 3.63) is 34.2 Å². The summed E-state index contributed by atoms with van der Waals surface area (Å²) >= 11 is 3.29. The maximum absolute atomic E-state index is 12.9. The van der Waals surface area contributed by atoms with Crippen LogP contribution in [0.3, 0.4) is 0 Å². The van der Waals surface area contributed by atoms with Gasteiger partial charge in [-0.15, -0.1) is 0 Å². The van der Waals surface area contributed by atoms with Crippen LogP contribution in [-0.4, -0.2) is 9.78 Å². The standard InChI is InChI=1S/C11H12BrFN4/c1-6-10(14)11(17(2)16-6)15-9-4-3-7(13)5-8(9)12/h3-5,15H,14H2,1-2H3. The number of hydrogen-bond donors (Lipinski definition) is 2. The molecule has 0 spiro atoms. The molecular weight excluding hydrogens is 287 g/mol. The molecule has 0 saturated heterocycles. The molecule has 0 fully saturated rings. The van der Waals surface area contributed by atoms with Gasteiger partial charge in [-0.1, -0.05) is 0 Å². The molecule has 0 aliphatic carbocycles. The quantitative estimate of drug-likeness (QED) is 0.896. The zero-order chi connectivity index (χ0) is 12.6. The highest BCUT2D eigenvalue weighted by Gasteiger charge is 2.11. The molecule has 1 aromatic heterocycles. The van der Waals surface area contributed by atoms with Gasteiger partial charge in [-0.05, 0) is 41.1 Å². The van der Waals surface area contributed by atoms with Crippen molar-refractivity contribution in [1.29, 1.82) is 0 Å². The largest absolute Gasteiger partial charge is 0.394 e. The summed E-state index contributed by atoms with van der Waals surface area (Å²) in [4.78, 5) is 0. The van der Waals surface area contributed by atoms with Crippen LogP contribution in [0.1, 0.15) is 5.69 Å². The fraction of sp³-hybridized carbons (Fsp3) is 0.182. The first-order valence-electron chi connectivity index (χ1n) is 5.00. The minimum Gasteiger partial charge on any atom is -0.394 e. The number of aromatic nitrogens is 2. The smallest absolute Gasteiger partial charge is 0.152 e. The van der Waals surface area contributed by atoms with E-state index in [-0.39, 0.29) is 5.82 Å². The van der Waals surface area contributed by atoms with Gasteiger partial charge in [0.15, 0.2) is 5.82 Å². The molecule has 1 heterocycles. The number of nitrogens with one attached hydrogen (secondary N) is 1. The molecule has 1 aromatic carbocycles. The summed E-state index contributed by atoms with van der Waals surface area (Å²) < 4.78 is 15.2. The second kappa shape index (κ2) is 4.37. The van der Waals surface area contributed by atoms with Crippen molar-refractivity contribution in [1.82, 2.24) is 9.78 Å². The first-order valence-corrected chi connectivity index (χ1v) is 5.79. The predicted molar refractivity (Wildman–Crippen MR) is 69.7 cm³/mol. The molecule has 0 amide bonds. The summed E-state index contributed by atoms with van der Waals surface area (Å²) in [6.45, 7) is 1.83. The molecule has 4 nitrogen and oxygen atoms in total. The summed E-state index contributed by atoms with van der Waals surface area (Å²) in [7, 11) is 1.79. The Labute approximate surface area is 107 Å². The van der Waals surface area contributed by atoms with Crippen LogP contribution in [-0.2, 0) is 7.05 Å². The van der Waals surface area contributed by atoms with E-state index in [4.69, 9.17) is 5.73 Å². The predicted octanol–water partition coefficient (Wildman–Crippen LogP) is 2.96. The van der Waals surface area contributed by atoms with Gasteiger partial charge in [0.2, 0.25) is 0 Å². The normalized spacial score (nSPS) is 10.6. The minimum atomic E-state index is -0.295. The highest BCUT2D eigenvalue weighted by molar-refractivity contribution is 9.10. The van der Waals surface area contributed by atoms with Crippen molar-refractivity contribution in [2.24, 2.45) is 7.05 Å². The van der Waals surface area contributed by atoms with Gasteiger partial charge in [0.05, 0.1) is 17.1 Å². The first-order chi connectivity index (χ1) is 7.99. The highest BCUT2D eigenvalue weighted by atomic mass is 79.9. The molecule has 0 bridgehead atoms. The lowest BCUT2D eigenvalue weighted by Gasteiger charge is -2.09. The summed E-state index contributed by atoms with van der Waals surface area (Å²) in [6.07, 6.45) is 0. The summed E-state index contributed by atoms with van der Waals surface area (Å²) in [5.41, 5.74) is 7.98. The summed E-state index contributed by atoms with van der Waals surface area (Å²) in [5.74, 6) is 0.395. The van der Waals surface area contributed by atoms with E-state index in [1.165, 1.54) is 12.1 Å². The van der Waals surface area contributed by atoms with Crippen molar-refractivity contribution < 1.29 is 4.39 Å². The van der Waals surface area contributed by atoms with Crippen molar-refractivity contribution >= 4 is 33.1 Å². The fourth-order valence-corrected chi connectivity index (χ4v) is 1.99. The van der Waals surface area contributed by atoms with E-state index in [9.17, 15) is 4.39 Å². The van der Waals surface area contributed by atoms with Gasteiger partial charge in [-0.3, -0.25) is 4.68 Å². The maximum Gasteiger partial charge on any atom is 0.152 e. The zero-order valence-electron chi connectivity index (χ0n) is 9.46. The van der Waals surface area contributed by atoms with Crippen molar-refractivity contribution in [2.75, 3.05) is 11.1 Å². The van der Waals surface area contributed by atoms with Gasteiger partial charge in [0, 0.05) is 11.5 Å². The SMILES string of the molecule is Cc1nn(C)c(Nc2ccc(F)cc2Br)c1N. The van der Waals surface area contributed by atoms with Gasteiger partial charge < -0.3 is 11.1 Å². The van der Waals surface area contributed by atoms with Crippen LogP contribution in [0.4, 0.5) is 21.6 Å². The Morgan fingerprint density at radius 3 is 2.71 bits per heavy atom. The Balaban J connectivity index is 2.38. The molecule has 0 saturated carbocycles. The summed E-state index contributed by atoms with van der Waals surface area (Å²) in [5, 5.41) is 7.31. The lowest BCUT2D eigenvalue weighted by Crippen LogP contribution is -2.01. The molecular formula is C11H12BrFN4. The topological polar surface area (TPSA) is 55.9 Å². The van der Waals surface area contributed by atoms with E-state index in [0.717, 1.165) is 11.4 Å². The number of anilines is 3. The van der Waals surface area contributed by atoms with E-state index in [1.807, 2.05) is 6.92 Å². The van der Waals surface area contributed by atoms with E-state index in [0.29, 0.717) is 16.0 Å². The third-order valence-corrected chi connectivity index (χ3v) is 3.11. The molecule has 2 aromatic rings. The molecule has 0 radical (unpaired) electrons. The van der Waals surface area contributed by atoms with Crippen molar-refractivity contribution in [3.8, 4) is 0 Å². The second-order valence-electron chi connectivity index (χ2n) is 3.72. The number of rotatable bonds is 2. The van der Waals surface area contributed by atoms with Crippen LogP contribution < -0.4 is 11.1 Å². The average Bonchev–Trinajstić information content (AvgIpc) is 2.48. The van der Waals surface area contributed by atoms with Crippen molar-refractivity contribution in [2.45, 2.75) is 6.92 Å². The Kier molecular flexibility index (Phi) is 3.06. The van der Waals surface area contributed by atoms with E-state index < -0.39 is 0 Å². The lowest BCUT2D eigenvalue weighted by molar-refractivity contribution is 0.627. The number of halogens is 2. The number of aryl methyl sites for hydroxylation is 2. The molecule has 0 aliphatic rings. The van der Waals surface area contributed by atoms with E-state index >= 15 is 0 Å². The Morgan fingerprint density at radius 2 is 2.18 bits per heavy atom. The fourth-order valence-electron chi connectivity index (χ4n) is 1.54. The number of nitrogen functional groups attached to an aromatic ring is 1. The number of benzene rings is 1. The number of nitrogens with two attached hydrogens (primary N) is 1. The minimum absolute atomic E-state index is 0.295. The molecule has 0 unspecified atom stereocenters. The Bertz CT molecular complexity index is 565. The van der Waals surface area contributed by atoms with Crippen molar-refractivity contribution in [3.63, 3.8) is 0 Å². The van der Waals surface area contributed by atoms with Gasteiger partial charge in [0.25, 0.3) is 0 Å². The average molecular weight is 299 g/mol. The molecule has 0 atom stereocenters. The monoisotopic (exact) mass is 298 g/mol. The maximum atomic E-state index is 12.9. The highest BCUT2D eigenvalue weighted by Crippen LogP contribution is 2.30. The molecule has 3 N–H and O–H groups in total. The number of hydrogen-bond acceptors (Lipinski definition) is 3. The van der Waals surface area contributed by atoms with Gasteiger partial charge in [-0.2, -0.15) is 5.10 Å². The Hall–Kier alpha value is -1.56. The number of nitrogens with zero attached hydrogens (tertiary/aromatic N) is 2. The van der Waals surface area contributed by atoms with Crippen LogP contribution in [0.5, 0.6) is 0 Å². The first kappa shape index (κ1) is 11.9. The van der Waals surface area contributed by atoms with Gasteiger partial charge >= 0.3 is 0 Å². The lowest BCUT2D eigenvalue weighted by atomic mass is 10.3. The van der Waals surface area contributed by atoms with E-state index in [2.05, 4.69) is 26.3 Å². The molecule has 17 heavy (non-hydrogen) atoms. The molecule has 2 rings (SSSR count). The zero-order valence-corrected chi connectivity index (χ0v) is 11.0. The third kappa shape index (κ3) is 2.26. The van der Waals surface area contributed by atoms with Crippen LogP contribution in [0.2, 0.25) is 0 Å². The van der Waals surface area contributed by atoms with E-state index in [1.54, 1.807) is 17.8 Å². The molecule has 0 aliphatic heterocycles. The van der Waals surface area contributed by atoms with Gasteiger partial charge in [-0.25, -0.2) is 4.39 Å². The van der Waals surface area contributed by atoms with Crippen LogP contribution in [0.25, 0.3) is 0 Å². The second-order valence-corrected chi connectivity index (χ2v) is 4.57. The van der Waals surface area contributed by atoms with Gasteiger partial charge in [0.1, 0.15) is 5.82 Å². The summed E-state index contributed by atoms with van der Waals surface area (Å²) in [6, 6.07) is 4.41.